The molecule has 0 aliphatic heterocycles. The predicted molar refractivity (Wildman–Crippen MR) is 98.6 cm³/mol. The monoisotopic (exact) mass is 375 g/mol. The summed E-state index contributed by atoms with van der Waals surface area (Å²) in [6.45, 7) is 5.23. The van der Waals surface area contributed by atoms with Crippen LogP contribution in [0.1, 0.15) is 41.8 Å². The van der Waals surface area contributed by atoms with Gasteiger partial charge in [0.25, 0.3) is 0 Å². The van der Waals surface area contributed by atoms with Gasteiger partial charge in [0, 0.05) is 24.2 Å². The van der Waals surface area contributed by atoms with Crippen molar-refractivity contribution in [1.29, 1.82) is 5.41 Å². The number of ether oxygens (including phenoxy) is 1. The summed E-state index contributed by atoms with van der Waals surface area (Å²) in [4.78, 5) is 32.9. The van der Waals surface area contributed by atoms with E-state index in [1.807, 2.05) is 0 Å². The third-order valence-electron chi connectivity index (χ3n) is 3.19. The van der Waals surface area contributed by atoms with Crippen molar-refractivity contribution >= 4 is 29.0 Å². The second-order valence-electron chi connectivity index (χ2n) is 6.57. The summed E-state index contributed by atoms with van der Waals surface area (Å²) in [5.74, 6) is -0.444. The fourth-order valence-corrected chi connectivity index (χ4v) is 2.72. The fourth-order valence-electron chi connectivity index (χ4n) is 2.09. The van der Waals surface area contributed by atoms with Gasteiger partial charge < -0.3 is 15.8 Å². The SMILES string of the molecule is CC(C)(C)OC(=O)N[C@@H](Cc1ccc(C(=N)N)nc1)C(=O)c1nccs1. The van der Waals surface area contributed by atoms with Crippen LogP contribution in [0.3, 0.4) is 0 Å². The highest BCUT2D eigenvalue weighted by Gasteiger charge is 2.27. The van der Waals surface area contributed by atoms with Gasteiger partial charge in [0.1, 0.15) is 23.2 Å². The van der Waals surface area contributed by atoms with Gasteiger partial charge in [-0.25, -0.2) is 9.78 Å². The number of nitrogens with two attached hydrogens (primary N) is 1. The van der Waals surface area contributed by atoms with E-state index in [1.54, 1.807) is 38.3 Å². The molecular weight excluding hydrogens is 354 g/mol. The number of amides is 1. The van der Waals surface area contributed by atoms with Crippen molar-refractivity contribution in [1.82, 2.24) is 15.3 Å². The van der Waals surface area contributed by atoms with Gasteiger partial charge >= 0.3 is 6.09 Å². The van der Waals surface area contributed by atoms with Crippen molar-refractivity contribution in [2.45, 2.75) is 38.8 Å². The van der Waals surface area contributed by atoms with Gasteiger partial charge in [-0.2, -0.15) is 0 Å². The molecule has 0 bridgehead atoms. The Balaban J connectivity index is 2.18. The number of pyridine rings is 1. The second kappa shape index (κ2) is 8.05. The lowest BCUT2D eigenvalue weighted by Gasteiger charge is -2.22. The van der Waals surface area contributed by atoms with Gasteiger partial charge in [-0.05, 0) is 32.4 Å². The summed E-state index contributed by atoms with van der Waals surface area (Å²) in [5.41, 5.74) is 5.76. The molecule has 0 spiro atoms. The van der Waals surface area contributed by atoms with E-state index in [0.29, 0.717) is 16.3 Å². The molecular formula is C17H21N5O3S. The average molecular weight is 375 g/mol. The molecule has 0 aromatic carbocycles. The molecule has 0 radical (unpaired) electrons. The first-order chi connectivity index (χ1) is 12.2. The van der Waals surface area contributed by atoms with Crippen molar-refractivity contribution in [3.05, 3.63) is 46.2 Å². The largest absolute Gasteiger partial charge is 0.444 e. The maximum Gasteiger partial charge on any atom is 0.408 e. The zero-order chi connectivity index (χ0) is 19.3. The van der Waals surface area contributed by atoms with Crippen LogP contribution in [0.5, 0.6) is 0 Å². The summed E-state index contributed by atoms with van der Waals surface area (Å²) < 4.78 is 5.24. The number of hydrogen-bond donors (Lipinski definition) is 3. The molecule has 2 heterocycles. The first-order valence-corrected chi connectivity index (χ1v) is 8.76. The number of thiazole rings is 1. The minimum atomic E-state index is -0.846. The molecule has 4 N–H and O–H groups in total. The number of nitrogen functional groups attached to an aromatic ring is 1. The molecule has 1 amide bonds. The molecule has 0 aliphatic carbocycles. The fraction of sp³-hybridized carbons (Fsp3) is 0.353. The summed E-state index contributed by atoms with van der Waals surface area (Å²) in [7, 11) is 0. The molecule has 26 heavy (non-hydrogen) atoms. The lowest BCUT2D eigenvalue weighted by atomic mass is 10.0. The van der Waals surface area contributed by atoms with E-state index < -0.39 is 17.7 Å². The maximum atomic E-state index is 12.7. The number of hydrogen-bond acceptors (Lipinski definition) is 7. The van der Waals surface area contributed by atoms with Gasteiger partial charge in [-0.1, -0.05) is 6.07 Å². The summed E-state index contributed by atoms with van der Waals surface area (Å²) in [6, 6.07) is 2.46. The van der Waals surface area contributed by atoms with Crippen LogP contribution in [-0.2, 0) is 11.2 Å². The number of aromatic nitrogens is 2. The van der Waals surface area contributed by atoms with Crippen LogP contribution in [0.25, 0.3) is 0 Å². The number of carbonyl (C=O) groups excluding carboxylic acids is 2. The molecule has 0 saturated carbocycles. The van der Waals surface area contributed by atoms with E-state index in [0.717, 1.165) is 0 Å². The Hall–Kier alpha value is -2.81. The number of alkyl carbamates (subject to hydrolysis) is 1. The van der Waals surface area contributed by atoms with Crippen molar-refractivity contribution in [3.63, 3.8) is 0 Å². The van der Waals surface area contributed by atoms with Gasteiger partial charge in [0.15, 0.2) is 5.01 Å². The first-order valence-electron chi connectivity index (χ1n) is 7.88. The Morgan fingerprint density at radius 2 is 2.08 bits per heavy atom. The van der Waals surface area contributed by atoms with E-state index in [1.165, 1.54) is 23.7 Å². The molecule has 2 rings (SSSR count). The molecule has 0 unspecified atom stereocenters. The quantitative estimate of drug-likeness (QED) is 0.403. The number of carbonyl (C=O) groups is 2. The zero-order valence-corrected chi connectivity index (χ0v) is 15.6. The minimum Gasteiger partial charge on any atom is -0.444 e. The van der Waals surface area contributed by atoms with Gasteiger partial charge in [0.2, 0.25) is 5.78 Å². The van der Waals surface area contributed by atoms with Crippen LogP contribution in [0.15, 0.2) is 29.9 Å². The van der Waals surface area contributed by atoms with Crippen molar-refractivity contribution < 1.29 is 14.3 Å². The van der Waals surface area contributed by atoms with Crippen LogP contribution < -0.4 is 11.1 Å². The number of Topliss-reactive ketones (excluding diaryl/α,β-unsaturated/α-hetero) is 1. The van der Waals surface area contributed by atoms with Crippen LogP contribution >= 0.6 is 11.3 Å². The number of amidine groups is 1. The molecule has 0 aliphatic rings. The number of ketones is 1. The third kappa shape index (κ3) is 5.62. The Kier molecular flexibility index (Phi) is 6.04. The highest BCUT2D eigenvalue weighted by atomic mass is 32.1. The Bertz CT molecular complexity index is 782. The average Bonchev–Trinajstić information content (AvgIpc) is 3.06. The molecule has 8 nitrogen and oxygen atoms in total. The summed E-state index contributed by atoms with van der Waals surface area (Å²) >= 11 is 1.20. The van der Waals surface area contributed by atoms with Gasteiger partial charge in [-0.3, -0.25) is 15.2 Å². The van der Waals surface area contributed by atoms with Gasteiger partial charge in [0.05, 0.1) is 0 Å². The molecule has 1 atom stereocenters. The number of rotatable bonds is 6. The smallest absolute Gasteiger partial charge is 0.408 e. The molecule has 2 aromatic rings. The molecule has 2 aromatic heterocycles. The number of nitrogens with zero attached hydrogens (tertiary/aromatic N) is 2. The standard InChI is InChI=1S/C17H21N5O3S/c1-17(2,3)25-16(24)22-12(13(23)15-20-6-7-26-15)8-10-4-5-11(14(18)19)21-9-10/h4-7,9,12H,8H2,1-3H3,(H3,18,19)(H,22,24)/t12-/m0/s1. The summed E-state index contributed by atoms with van der Waals surface area (Å²) in [5, 5.41) is 12.0. The minimum absolute atomic E-state index is 0.140. The van der Waals surface area contributed by atoms with Crippen LogP contribution in [0.4, 0.5) is 4.79 Å². The maximum absolute atomic E-state index is 12.7. The lowest BCUT2D eigenvalue weighted by Crippen LogP contribution is -2.44. The molecule has 0 fully saturated rings. The van der Waals surface area contributed by atoms with E-state index in [4.69, 9.17) is 15.9 Å². The number of nitrogens with one attached hydrogen (secondary N) is 2. The van der Waals surface area contributed by atoms with Crippen molar-refractivity contribution in [2.75, 3.05) is 0 Å². The predicted octanol–water partition coefficient (Wildman–Crippen LogP) is 2.14. The highest BCUT2D eigenvalue weighted by Crippen LogP contribution is 2.13. The first kappa shape index (κ1) is 19.5. The third-order valence-corrected chi connectivity index (χ3v) is 3.98. The van der Waals surface area contributed by atoms with Crippen LogP contribution in [0.2, 0.25) is 0 Å². The Labute approximate surface area is 155 Å². The zero-order valence-electron chi connectivity index (χ0n) is 14.8. The topological polar surface area (TPSA) is 131 Å². The van der Waals surface area contributed by atoms with Crippen LogP contribution in [-0.4, -0.2) is 39.3 Å². The van der Waals surface area contributed by atoms with Crippen LogP contribution in [0, 0.1) is 5.41 Å². The lowest BCUT2D eigenvalue weighted by molar-refractivity contribution is 0.0491. The second-order valence-corrected chi connectivity index (χ2v) is 7.46. The van der Waals surface area contributed by atoms with E-state index in [-0.39, 0.29) is 18.0 Å². The highest BCUT2D eigenvalue weighted by molar-refractivity contribution is 7.11. The van der Waals surface area contributed by atoms with Crippen molar-refractivity contribution in [2.24, 2.45) is 5.73 Å². The normalized spacial score (nSPS) is 12.3. The van der Waals surface area contributed by atoms with E-state index in [9.17, 15) is 9.59 Å². The molecule has 138 valence electrons. The summed E-state index contributed by atoms with van der Waals surface area (Å²) in [6.07, 6.45) is 2.59. The molecule has 0 saturated heterocycles. The Morgan fingerprint density at radius 3 is 2.58 bits per heavy atom. The van der Waals surface area contributed by atoms with Crippen molar-refractivity contribution in [3.8, 4) is 0 Å². The Morgan fingerprint density at radius 1 is 1.35 bits per heavy atom. The molecule has 9 heteroatoms. The van der Waals surface area contributed by atoms with E-state index in [2.05, 4.69) is 15.3 Å². The van der Waals surface area contributed by atoms with Gasteiger partial charge in [-0.15, -0.1) is 11.3 Å². The van der Waals surface area contributed by atoms with E-state index >= 15 is 0 Å².